The molecule has 0 spiro atoms. The molecular formula is C14H14F3N3O2S. The Kier molecular flexibility index (Phi) is 4.34. The van der Waals surface area contributed by atoms with E-state index in [1.165, 1.54) is 6.07 Å². The van der Waals surface area contributed by atoms with Crippen LogP contribution in [-0.4, -0.2) is 16.8 Å². The van der Waals surface area contributed by atoms with E-state index in [0.29, 0.717) is 0 Å². The zero-order valence-electron chi connectivity index (χ0n) is 12.5. The zero-order chi connectivity index (χ0) is 17.4. The lowest BCUT2D eigenvalue weighted by Gasteiger charge is -2.17. The third-order valence-corrected chi connectivity index (χ3v) is 3.96. The van der Waals surface area contributed by atoms with Crippen LogP contribution in [0.1, 0.15) is 36.0 Å². The molecule has 0 aliphatic rings. The first-order valence-corrected chi connectivity index (χ1v) is 7.38. The third kappa shape index (κ3) is 3.98. The highest BCUT2D eigenvalue weighted by molar-refractivity contribution is 7.20. The van der Waals surface area contributed by atoms with Gasteiger partial charge in [0.25, 0.3) is 5.91 Å². The maximum atomic E-state index is 12.6. The summed E-state index contributed by atoms with van der Waals surface area (Å²) >= 11 is 0.869. The third-order valence-electron chi connectivity index (χ3n) is 2.89. The minimum Gasteiger partial charge on any atom is -0.273 e. The van der Waals surface area contributed by atoms with E-state index in [2.05, 4.69) is 15.8 Å². The number of pyridine rings is 1. The molecule has 0 fully saturated rings. The fourth-order valence-electron chi connectivity index (χ4n) is 1.55. The molecule has 0 bridgehead atoms. The number of amides is 2. The Bertz CT molecular complexity index is 763. The van der Waals surface area contributed by atoms with Crippen LogP contribution in [0.15, 0.2) is 18.3 Å². The maximum absolute atomic E-state index is 12.6. The van der Waals surface area contributed by atoms with E-state index in [9.17, 15) is 22.8 Å². The minimum absolute atomic E-state index is 0.154. The molecule has 0 unspecified atom stereocenters. The fourth-order valence-corrected chi connectivity index (χ4v) is 2.50. The Morgan fingerprint density at radius 3 is 2.35 bits per heavy atom. The number of thiophene rings is 1. The fraction of sp³-hybridized carbons (Fsp3) is 0.357. The highest BCUT2D eigenvalue weighted by Crippen LogP contribution is 2.33. The molecule has 0 aliphatic heterocycles. The molecule has 23 heavy (non-hydrogen) atoms. The molecule has 2 aromatic rings. The van der Waals surface area contributed by atoms with Crippen molar-refractivity contribution in [3.05, 3.63) is 28.8 Å². The largest absolute Gasteiger partial charge is 0.417 e. The summed E-state index contributed by atoms with van der Waals surface area (Å²) < 4.78 is 38.2. The number of hydrogen-bond donors (Lipinski definition) is 2. The summed E-state index contributed by atoms with van der Waals surface area (Å²) in [5, 5.41) is 0. The Morgan fingerprint density at radius 1 is 1.13 bits per heavy atom. The lowest BCUT2D eigenvalue weighted by atomic mass is 9.96. The second-order valence-corrected chi connectivity index (χ2v) is 6.96. The van der Waals surface area contributed by atoms with Crippen LogP contribution in [0.2, 0.25) is 0 Å². The van der Waals surface area contributed by atoms with Gasteiger partial charge < -0.3 is 0 Å². The van der Waals surface area contributed by atoms with Gasteiger partial charge in [-0.25, -0.2) is 0 Å². The number of rotatable bonds is 1. The summed E-state index contributed by atoms with van der Waals surface area (Å²) in [6.45, 7) is 5.03. The van der Waals surface area contributed by atoms with Crippen molar-refractivity contribution in [2.24, 2.45) is 5.41 Å². The molecule has 2 amide bonds. The highest BCUT2D eigenvalue weighted by Gasteiger charge is 2.31. The van der Waals surface area contributed by atoms with E-state index in [0.717, 1.165) is 23.6 Å². The van der Waals surface area contributed by atoms with Gasteiger partial charge in [0.1, 0.15) is 0 Å². The first kappa shape index (κ1) is 17.2. The molecule has 2 aromatic heterocycles. The lowest BCUT2D eigenvalue weighted by Crippen LogP contribution is -2.46. The van der Waals surface area contributed by atoms with Crippen molar-refractivity contribution in [1.82, 2.24) is 15.8 Å². The Labute approximate surface area is 133 Å². The Balaban J connectivity index is 2.17. The van der Waals surface area contributed by atoms with E-state index >= 15 is 0 Å². The van der Waals surface area contributed by atoms with E-state index in [1.807, 2.05) is 0 Å². The number of carbonyl (C=O) groups is 2. The molecule has 9 heteroatoms. The Hall–Kier alpha value is -2.16. The summed E-state index contributed by atoms with van der Waals surface area (Å²) in [7, 11) is 0. The van der Waals surface area contributed by atoms with E-state index in [-0.39, 0.29) is 21.0 Å². The SMILES string of the molecule is CC(C)(C)C(=O)NNC(=O)c1cc2ncc(C(F)(F)F)cc2s1. The van der Waals surface area contributed by atoms with Gasteiger partial charge in [0.2, 0.25) is 5.91 Å². The highest BCUT2D eigenvalue weighted by atomic mass is 32.1. The average molecular weight is 345 g/mol. The number of nitrogens with zero attached hydrogens (tertiary/aromatic N) is 1. The summed E-state index contributed by atoms with van der Waals surface area (Å²) in [5.41, 5.74) is 3.23. The van der Waals surface area contributed by atoms with Gasteiger partial charge in [-0.15, -0.1) is 11.3 Å². The second kappa shape index (κ2) is 5.80. The molecule has 5 nitrogen and oxygen atoms in total. The number of nitrogens with one attached hydrogen (secondary N) is 2. The Morgan fingerprint density at radius 2 is 1.78 bits per heavy atom. The predicted octanol–water partition coefficient (Wildman–Crippen LogP) is 3.12. The first-order chi connectivity index (χ1) is 10.5. The lowest BCUT2D eigenvalue weighted by molar-refractivity contribution is -0.137. The maximum Gasteiger partial charge on any atom is 0.417 e. The van der Waals surface area contributed by atoms with Crippen LogP contribution < -0.4 is 10.9 Å². The van der Waals surface area contributed by atoms with Crippen molar-refractivity contribution in [3.8, 4) is 0 Å². The number of hydrazine groups is 1. The summed E-state index contributed by atoms with van der Waals surface area (Å²) in [6.07, 6.45) is -3.77. The number of hydrogen-bond acceptors (Lipinski definition) is 4. The number of fused-ring (bicyclic) bond motifs is 1. The molecule has 0 atom stereocenters. The molecule has 124 valence electrons. The molecular weight excluding hydrogens is 331 g/mol. The molecule has 2 heterocycles. The van der Waals surface area contributed by atoms with E-state index in [4.69, 9.17) is 0 Å². The van der Waals surface area contributed by atoms with Gasteiger partial charge in [-0.2, -0.15) is 13.2 Å². The van der Waals surface area contributed by atoms with Crippen molar-refractivity contribution in [2.75, 3.05) is 0 Å². The molecule has 0 saturated heterocycles. The van der Waals surface area contributed by atoms with Gasteiger partial charge in [-0.3, -0.25) is 25.4 Å². The van der Waals surface area contributed by atoms with Crippen LogP contribution >= 0.6 is 11.3 Å². The van der Waals surface area contributed by atoms with Gasteiger partial charge in [-0.1, -0.05) is 20.8 Å². The van der Waals surface area contributed by atoms with Crippen LogP contribution in [0.4, 0.5) is 13.2 Å². The van der Waals surface area contributed by atoms with Crippen LogP contribution in [0.25, 0.3) is 10.2 Å². The molecule has 0 radical (unpaired) electrons. The van der Waals surface area contributed by atoms with Crippen LogP contribution in [0.3, 0.4) is 0 Å². The van der Waals surface area contributed by atoms with Crippen LogP contribution in [-0.2, 0) is 11.0 Å². The van der Waals surface area contributed by atoms with Crippen molar-refractivity contribution >= 4 is 33.4 Å². The summed E-state index contributed by atoms with van der Waals surface area (Å²) in [5.74, 6) is -0.997. The standard InChI is InChI=1S/C14H14F3N3O2S/c1-13(2,3)12(22)20-19-11(21)10-5-8-9(23-10)4-7(6-18-8)14(15,16)17/h4-6H,1-3H3,(H,19,21)(H,20,22). The van der Waals surface area contributed by atoms with Crippen molar-refractivity contribution < 1.29 is 22.8 Å². The van der Waals surface area contributed by atoms with Gasteiger partial charge in [-0.05, 0) is 12.1 Å². The number of alkyl halides is 3. The second-order valence-electron chi connectivity index (χ2n) is 5.87. The van der Waals surface area contributed by atoms with Crippen LogP contribution in [0, 0.1) is 5.41 Å². The van der Waals surface area contributed by atoms with E-state index < -0.39 is 23.1 Å². The van der Waals surface area contributed by atoms with Crippen molar-refractivity contribution in [1.29, 1.82) is 0 Å². The quantitative estimate of drug-likeness (QED) is 0.780. The van der Waals surface area contributed by atoms with Crippen molar-refractivity contribution in [3.63, 3.8) is 0 Å². The average Bonchev–Trinajstić information content (AvgIpc) is 2.85. The number of carbonyl (C=O) groups excluding carboxylic acids is 2. The van der Waals surface area contributed by atoms with Gasteiger partial charge in [0, 0.05) is 11.6 Å². The first-order valence-electron chi connectivity index (χ1n) is 6.56. The normalized spacial score (nSPS) is 12.3. The molecule has 0 saturated carbocycles. The zero-order valence-corrected chi connectivity index (χ0v) is 13.4. The van der Waals surface area contributed by atoms with Gasteiger partial charge >= 0.3 is 6.18 Å². The number of halogens is 3. The smallest absolute Gasteiger partial charge is 0.273 e. The molecule has 2 rings (SSSR count). The molecule has 2 N–H and O–H groups in total. The summed E-state index contributed by atoms with van der Waals surface area (Å²) in [6, 6.07) is 2.32. The topological polar surface area (TPSA) is 71.1 Å². The van der Waals surface area contributed by atoms with Crippen molar-refractivity contribution in [2.45, 2.75) is 26.9 Å². The van der Waals surface area contributed by atoms with Gasteiger partial charge in [0.05, 0.1) is 20.7 Å². The minimum atomic E-state index is -4.49. The van der Waals surface area contributed by atoms with E-state index in [1.54, 1.807) is 20.8 Å². The monoisotopic (exact) mass is 345 g/mol. The number of aromatic nitrogens is 1. The molecule has 0 aliphatic carbocycles. The predicted molar refractivity (Wildman–Crippen MR) is 79.7 cm³/mol. The summed E-state index contributed by atoms with van der Waals surface area (Å²) in [4.78, 5) is 27.5. The van der Waals surface area contributed by atoms with Crippen LogP contribution in [0.5, 0.6) is 0 Å². The van der Waals surface area contributed by atoms with Gasteiger partial charge in [0.15, 0.2) is 0 Å². The molecule has 0 aromatic carbocycles.